The molecule has 0 aromatic heterocycles. The van der Waals surface area contributed by atoms with Gasteiger partial charge in [0.15, 0.2) is 0 Å². The van der Waals surface area contributed by atoms with E-state index < -0.39 is 41.2 Å². The lowest BCUT2D eigenvalue weighted by molar-refractivity contribution is -0.0543. The standard InChI is InChI=1S/C17H9F6NO3S2/c18-16(19,20)28(27-29(25,26)17(21,22)23)14-4-2-1-3-13(14)9-15(28)12-7-5-11(10-24)6-8-12/h1-9H. The maximum absolute atomic E-state index is 14.3. The van der Waals surface area contributed by atoms with Crippen molar-refractivity contribution in [2.45, 2.75) is 15.9 Å². The number of alkyl halides is 6. The Kier molecular flexibility index (Phi) is 4.97. The van der Waals surface area contributed by atoms with Gasteiger partial charge in [-0.25, -0.2) is 0 Å². The Morgan fingerprint density at radius 2 is 1.52 bits per heavy atom. The van der Waals surface area contributed by atoms with Crippen LogP contribution >= 0.6 is 10.3 Å². The van der Waals surface area contributed by atoms with Crippen molar-refractivity contribution < 1.29 is 38.4 Å². The fourth-order valence-electron chi connectivity index (χ4n) is 2.70. The van der Waals surface area contributed by atoms with Gasteiger partial charge in [-0.2, -0.15) is 43.7 Å². The van der Waals surface area contributed by atoms with Gasteiger partial charge in [-0.05, 0) is 35.4 Å². The lowest BCUT2D eigenvalue weighted by atomic mass is 10.1. The molecule has 0 amide bonds. The fourth-order valence-corrected chi connectivity index (χ4v) is 7.20. The summed E-state index contributed by atoms with van der Waals surface area (Å²) in [5.41, 5.74) is -11.8. The van der Waals surface area contributed by atoms with Gasteiger partial charge in [0.25, 0.3) is 0 Å². The van der Waals surface area contributed by atoms with Crippen molar-refractivity contribution in [3.8, 4) is 6.07 Å². The molecule has 1 aliphatic heterocycles. The predicted molar refractivity (Wildman–Crippen MR) is 93.4 cm³/mol. The molecule has 0 radical (unpaired) electrons. The summed E-state index contributed by atoms with van der Waals surface area (Å²) in [6, 6.07) is 10.9. The van der Waals surface area contributed by atoms with Gasteiger partial charge in [0.2, 0.25) is 0 Å². The second-order valence-electron chi connectivity index (χ2n) is 5.71. The first kappa shape index (κ1) is 21.2. The van der Waals surface area contributed by atoms with Crippen LogP contribution in [0.2, 0.25) is 0 Å². The number of hydrogen-bond acceptors (Lipinski definition) is 4. The summed E-state index contributed by atoms with van der Waals surface area (Å²) in [7, 11) is -11.7. The van der Waals surface area contributed by atoms with Crippen LogP contribution in [0.1, 0.15) is 16.7 Å². The highest BCUT2D eigenvalue weighted by Gasteiger charge is 2.64. The number of nitriles is 1. The van der Waals surface area contributed by atoms with Gasteiger partial charge in [0.05, 0.1) is 11.6 Å². The molecule has 2 aromatic carbocycles. The van der Waals surface area contributed by atoms with Gasteiger partial charge < -0.3 is 0 Å². The minimum absolute atomic E-state index is 0.0984. The molecule has 0 fully saturated rings. The zero-order valence-electron chi connectivity index (χ0n) is 14.0. The molecule has 1 aliphatic rings. The molecule has 0 N–H and O–H groups in total. The van der Waals surface area contributed by atoms with Crippen LogP contribution in [0.15, 0.2) is 53.4 Å². The number of rotatable bonds is 3. The smallest absolute Gasteiger partial charge is 0.196 e. The monoisotopic (exact) mass is 453 g/mol. The van der Waals surface area contributed by atoms with E-state index in [9.17, 15) is 34.8 Å². The van der Waals surface area contributed by atoms with Crippen molar-refractivity contribution >= 4 is 31.4 Å². The number of nitrogens with zero attached hydrogens (tertiary/aromatic N) is 1. The zero-order valence-corrected chi connectivity index (χ0v) is 15.6. The van der Waals surface area contributed by atoms with Gasteiger partial charge in [0.1, 0.15) is 0 Å². The van der Waals surface area contributed by atoms with Crippen LogP contribution in [-0.2, 0) is 13.7 Å². The van der Waals surface area contributed by atoms with E-state index in [0.717, 1.165) is 42.5 Å². The molecule has 0 saturated heterocycles. The average Bonchev–Trinajstić information content (AvgIpc) is 2.96. The predicted octanol–water partition coefficient (Wildman–Crippen LogP) is 5.53. The highest BCUT2D eigenvalue weighted by Crippen LogP contribution is 2.80. The molecule has 1 unspecified atom stereocenters. The first-order valence-corrected chi connectivity index (χ1v) is 10.5. The van der Waals surface area contributed by atoms with Crippen LogP contribution in [0.3, 0.4) is 0 Å². The van der Waals surface area contributed by atoms with Crippen molar-refractivity contribution in [3.63, 3.8) is 0 Å². The number of fused-ring (bicyclic) bond motifs is 1. The van der Waals surface area contributed by atoms with Gasteiger partial charge in [-0.1, -0.05) is 30.3 Å². The first-order chi connectivity index (χ1) is 13.3. The summed E-state index contributed by atoms with van der Waals surface area (Å²) in [5, 5.41) is 8.84. The van der Waals surface area contributed by atoms with Crippen molar-refractivity contribution in [2.24, 2.45) is 0 Å². The Bertz CT molecular complexity index is 1130. The molecular formula is C17H9F6NO3S2. The normalized spacial score (nSPS) is 21.6. The molecule has 2 aromatic rings. The minimum Gasteiger partial charge on any atom is -0.196 e. The van der Waals surface area contributed by atoms with Gasteiger partial charge in [-0.3, -0.25) is 0 Å². The Balaban J connectivity index is 2.33. The van der Waals surface area contributed by atoms with Crippen LogP contribution < -0.4 is 0 Å². The third kappa shape index (κ3) is 3.39. The molecule has 0 aliphatic carbocycles. The van der Waals surface area contributed by atoms with Crippen LogP contribution in [-0.4, -0.2) is 19.4 Å². The summed E-state index contributed by atoms with van der Waals surface area (Å²) in [5.74, 6) is 0. The third-order valence-electron chi connectivity index (χ3n) is 3.92. The molecular weight excluding hydrogens is 444 g/mol. The van der Waals surface area contributed by atoms with Crippen LogP contribution in [0.4, 0.5) is 26.3 Å². The van der Waals surface area contributed by atoms with Crippen molar-refractivity contribution in [1.82, 2.24) is 0 Å². The van der Waals surface area contributed by atoms with Gasteiger partial charge in [0, 0.05) is 20.1 Å². The lowest BCUT2D eigenvalue weighted by Crippen LogP contribution is -2.32. The van der Waals surface area contributed by atoms with E-state index in [1.807, 2.05) is 0 Å². The van der Waals surface area contributed by atoms with E-state index in [1.165, 1.54) is 12.1 Å². The molecule has 12 heteroatoms. The molecule has 1 atom stereocenters. The zero-order chi connectivity index (χ0) is 21.7. The maximum Gasteiger partial charge on any atom is 0.523 e. The molecule has 4 nitrogen and oxygen atoms in total. The maximum atomic E-state index is 14.3. The second kappa shape index (κ2) is 6.79. The Morgan fingerprint density at radius 1 is 0.931 bits per heavy atom. The van der Waals surface area contributed by atoms with Crippen molar-refractivity contribution in [3.05, 3.63) is 65.2 Å². The Morgan fingerprint density at radius 3 is 2.03 bits per heavy atom. The quantitative estimate of drug-likeness (QED) is 0.453. The van der Waals surface area contributed by atoms with Crippen LogP contribution in [0.25, 0.3) is 11.0 Å². The van der Waals surface area contributed by atoms with Crippen LogP contribution in [0, 0.1) is 11.3 Å². The van der Waals surface area contributed by atoms with E-state index in [-0.39, 0.29) is 16.7 Å². The number of halogens is 6. The van der Waals surface area contributed by atoms with E-state index in [1.54, 1.807) is 6.07 Å². The number of benzene rings is 2. The highest BCUT2D eigenvalue weighted by atomic mass is 32.3. The molecule has 1 heterocycles. The first-order valence-electron chi connectivity index (χ1n) is 7.57. The second-order valence-corrected chi connectivity index (χ2v) is 10.1. The SMILES string of the molecule is N#Cc1ccc(C2=Cc3ccccc3S2(OS(=O)(=O)C(F)(F)F)C(F)(F)F)cc1. The van der Waals surface area contributed by atoms with E-state index in [0.29, 0.717) is 0 Å². The van der Waals surface area contributed by atoms with Gasteiger partial charge >= 0.3 is 21.1 Å². The van der Waals surface area contributed by atoms with Crippen molar-refractivity contribution in [2.75, 3.05) is 0 Å². The van der Waals surface area contributed by atoms with Gasteiger partial charge in [-0.15, -0.1) is 0 Å². The molecule has 3 rings (SSSR count). The molecule has 154 valence electrons. The van der Waals surface area contributed by atoms with Crippen LogP contribution in [0.5, 0.6) is 0 Å². The molecule has 0 spiro atoms. The van der Waals surface area contributed by atoms with E-state index in [4.69, 9.17) is 5.26 Å². The summed E-state index contributed by atoms with van der Waals surface area (Å²) >= 11 is 0. The number of hydrogen-bond donors (Lipinski definition) is 0. The summed E-state index contributed by atoms with van der Waals surface area (Å²) in [6.45, 7) is 0. The molecule has 0 saturated carbocycles. The summed E-state index contributed by atoms with van der Waals surface area (Å²) in [6.07, 6.45) is 0.950. The highest BCUT2D eigenvalue weighted by molar-refractivity contribution is 8.41. The summed E-state index contributed by atoms with van der Waals surface area (Å²) < 4.78 is 109. The Labute approximate surface area is 162 Å². The largest absolute Gasteiger partial charge is 0.523 e. The fraction of sp³-hybridized carbons (Fsp3) is 0.118. The lowest BCUT2D eigenvalue weighted by Gasteiger charge is -2.39. The molecule has 29 heavy (non-hydrogen) atoms. The van der Waals surface area contributed by atoms with E-state index in [2.05, 4.69) is 3.63 Å². The minimum atomic E-state index is -6.60. The Hall–Kier alpha value is -2.49. The average molecular weight is 453 g/mol. The van der Waals surface area contributed by atoms with Crippen molar-refractivity contribution in [1.29, 1.82) is 5.26 Å². The topological polar surface area (TPSA) is 67.2 Å². The van der Waals surface area contributed by atoms with E-state index >= 15 is 0 Å². The summed E-state index contributed by atoms with van der Waals surface area (Å²) in [4.78, 5) is -1.47. The molecule has 0 bridgehead atoms. The third-order valence-corrected chi connectivity index (χ3v) is 8.64.